The third kappa shape index (κ3) is 5.07. The second-order valence-corrected chi connectivity index (χ2v) is 2.91. The molecule has 10 heavy (non-hydrogen) atoms. The quantitative estimate of drug-likeness (QED) is 0.544. The van der Waals surface area contributed by atoms with Gasteiger partial charge in [-0.05, 0) is 25.9 Å². The van der Waals surface area contributed by atoms with Crippen molar-refractivity contribution in [1.82, 2.24) is 4.90 Å². The molecule has 0 heterocycles. The SMILES string of the molecule is CCCN(CCC)CCCl. The van der Waals surface area contributed by atoms with Crippen LogP contribution >= 0.6 is 11.6 Å². The summed E-state index contributed by atoms with van der Waals surface area (Å²) in [7, 11) is 0. The molecule has 0 rings (SSSR count). The van der Waals surface area contributed by atoms with Gasteiger partial charge in [0, 0.05) is 12.4 Å². The van der Waals surface area contributed by atoms with E-state index in [1.165, 1.54) is 25.9 Å². The van der Waals surface area contributed by atoms with Gasteiger partial charge in [0.1, 0.15) is 0 Å². The topological polar surface area (TPSA) is 3.24 Å². The van der Waals surface area contributed by atoms with E-state index in [4.69, 9.17) is 11.6 Å². The minimum atomic E-state index is 0.764. The molecule has 0 fully saturated rings. The molecule has 0 aromatic heterocycles. The molecule has 0 atom stereocenters. The molecule has 0 aromatic carbocycles. The van der Waals surface area contributed by atoms with Crippen LogP contribution in [0.25, 0.3) is 0 Å². The van der Waals surface area contributed by atoms with Gasteiger partial charge in [-0.15, -0.1) is 11.6 Å². The summed E-state index contributed by atoms with van der Waals surface area (Å²) >= 11 is 5.63. The minimum absolute atomic E-state index is 0.764. The molecular weight excluding hydrogens is 146 g/mol. The Morgan fingerprint density at radius 1 is 1.00 bits per heavy atom. The van der Waals surface area contributed by atoms with E-state index in [1.54, 1.807) is 0 Å². The van der Waals surface area contributed by atoms with Crippen LogP contribution in [0.15, 0.2) is 0 Å². The predicted octanol–water partition coefficient (Wildman–Crippen LogP) is 2.35. The van der Waals surface area contributed by atoms with Crippen LogP contribution in [-0.2, 0) is 0 Å². The van der Waals surface area contributed by atoms with Gasteiger partial charge < -0.3 is 4.90 Å². The van der Waals surface area contributed by atoms with Gasteiger partial charge in [-0.1, -0.05) is 13.8 Å². The van der Waals surface area contributed by atoms with Crippen LogP contribution < -0.4 is 0 Å². The molecule has 0 radical (unpaired) electrons. The van der Waals surface area contributed by atoms with Gasteiger partial charge in [-0.2, -0.15) is 0 Å². The molecule has 0 aromatic rings. The van der Waals surface area contributed by atoms with Crippen LogP contribution in [0.3, 0.4) is 0 Å². The molecule has 0 spiro atoms. The molecule has 0 aliphatic heterocycles. The highest BCUT2D eigenvalue weighted by molar-refractivity contribution is 6.18. The number of nitrogens with zero attached hydrogens (tertiary/aromatic N) is 1. The molecule has 62 valence electrons. The molecule has 0 aliphatic carbocycles. The number of hydrogen-bond acceptors (Lipinski definition) is 1. The van der Waals surface area contributed by atoms with Gasteiger partial charge in [0.15, 0.2) is 0 Å². The monoisotopic (exact) mass is 163 g/mol. The van der Waals surface area contributed by atoms with Gasteiger partial charge in [0.2, 0.25) is 0 Å². The second kappa shape index (κ2) is 7.36. The fourth-order valence-electron chi connectivity index (χ4n) is 1.09. The molecule has 2 heteroatoms. The highest BCUT2D eigenvalue weighted by Gasteiger charge is 1.98. The predicted molar refractivity (Wildman–Crippen MR) is 47.7 cm³/mol. The number of rotatable bonds is 6. The average Bonchev–Trinajstić information content (AvgIpc) is 1.90. The Kier molecular flexibility index (Phi) is 7.54. The van der Waals surface area contributed by atoms with Crippen LogP contribution in [0.4, 0.5) is 0 Å². The van der Waals surface area contributed by atoms with Crippen molar-refractivity contribution in [2.45, 2.75) is 26.7 Å². The molecule has 0 N–H and O–H groups in total. The first kappa shape index (κ1) is 10.2. The zero-order valence-corrected chi connectivity index (χ0v) is 7.82. The lowest BCUT2D eigenvalue weighted by Crippen LogP contribution is -2.27. The summed E-state index contributed by atoms with van der Waals surface area (Å²) in [6.07, 6.45) is 2.47. The summed E-state index contributed by atoms with van der Waals surface area (Å²) in [5.74, 6) is 0.764. The third-order valence-corrected chi connectivity index (χ3v) is 1.65. The Bertz CT molecular complexity index is 52.0. The summed E-state index contributed by atoms with van der Waals surface area (Å²) < 4.78 is 0. The number of hydrogen-bond donors (Lipinski definition) is 0. The first-order valence-corrected chi connectivity index (χ1v) is 4.66. The first-order chi connectivity index (χ1) is 4.85. The lowest BCUT2D eigenvalue weighted by molar-refractivity contribution is 0.291. The van der Waals surface area contributed by atoms with Crippen molar-refractivity contribution in [3.63, 3.8) is 0 Å². The van der Waals surface area contributed by atoms with Crippen molar-refractivity contribution in [2.75, 3.05) is 25.5 Å². The minimum Gasteiger partial charge on any atom is -0.302 e. The van der Waals surface area contributed by atoms with Crippen LogP contribution in [0, 0.1) is 0 Å². The summed E-state index contributed by atoms with van der Waals surface area (Å²) in [6.45, 7) is 7.85. The van der Waals surface area contributed by atoms with E-state index in [0.29, 0.717) is 0 Å². The largest absolute Gasteiger partial charge is 0.302 e. The maximum atomic E-state index is 5.63. The maximum absolute atomic E-state index is 5.63. The zero-order valence-electron chi connectivity index (χ0n) is 7.07. The molecule has 0 bridgehead atoms. The lowest BCUT2D eigenvalue weighted by atomic mass is 10.3. The normalized spacial score (nSPS) is 10.8. The summed E-state index contributed by atoms with van der Waals surface area (Å²) in [5, 5.41) is 0. The smallest absolute Gasteiger partial charge is 0.0351 e. The van der Waals surface area contributed by atoms with Crippen molar-refractivity contribution in [3.05, 3.63) is 0 Å². The van der Waals surface area contributed by atoms with Crippen LogP contribution in [0.1, 0.15) is 26.7 Å². The van der Waals surface area contributed by atoms with E-state index in [1.807, 2.05) is 0 Å². The Morgan fingerprint density at radius 2 is 1.50 bits per heavy atom. The molecule has 0 unspecified atom stereocenters. The Balaban J connectivity index is 3.30. The van der Waals surface area contributed by atoms with E-state index in [2.05, 4.69) is 18.7 Å². The van der Waals surface area contributed by atoms with Crippen LogP contribution in [0.5, 0.6) is 0 Å². The van der Waals surface area contributed by atoms with E-state index >= 15 is 0 Å². The van der Waals surface area contributed by atoms with Crippen LogP contribution in [-0.4, -0.2) is 30.4 Å². The van der Waals surface area contributed by atoms with E-state index in [0.717, 1.165) is 12.4 Å². The Morgan fingerprint density at radius 3 is 1.80 bits per heavy atom. The Labute approximate surface area is 69.4 Å². The first-order valence-electron chi connectivity index (χ1n) is 4.13. The molecule has 1 nitrogen and oxygen atoms in total. The van der Waals surface area contributed by atoms with Gasteiger partial charge in [0.25, 0.3) is 0 Å². The summed E-state index contributed by atoms with van der Waals surface area (Å²) in [6, 6.07) is 0. The highest BCUT2D eigenvalue weighted by atomic mass is 35.5. The zero-order chi connectivity index (χ0) is 7.82. The van der Waals surface area contributed by atoms with Gasteiger partial charge in [-0.25, -0.2) is 0 Å². The van der Waals surface area contributed by atoms with Crippen molar-refractivity contribution in [1.29, 1.82) is 0 Å². The van der Waals surface area contributed by atoms with Gasteiger partial charge in [0.05, 0.1) is 0 Å². The fraction of sp³-hybridized carbons (Fsp3) is 1.00. The fourth-order valence-corrected chi connectivity index (χ4v) is 1.33. The van der Waals surface area contributed by atoms with Crippen molar-refractivity contribution >= 4 is 11.6 Å². The van der Waals surface area contributed by atoms with E-state index < -0.39 is 0 Å². The average molecular weight is 164 g/mol. The Hall–Kier alpha value is 0.250. The summed E-state index contributed by atoms with van der Waals surface area (Å²) in [4.78, 5) is 2.41. The molecule has 0 saturated carbocycles. The third-order valence-electron chi connectivity index (χ3n) is 1.48. The molecule has 0 saturated heterocycles. The molecular formula is C8H18ClN. The lowest BCUT2D eigenvalue weighted by Gasteiger charge is -2.18. The second-order valence-electron chi connectivity index (χ2n) is 2.53. The summed E-state index contributed by atoms with van der Waals surface area (Å²) in [5.41, 5.74) is 0. The van der Waals surface area contributed by atoms with E-state index in [9.17, 15) is 0 Å². The standard InChI is InChI=1S/C8H18ClN/c1-3-6-10(7-4-2)8-5-9/h3-8H2,1-2H3. The van der Waals surface area contributed by atoms with Gasteiger partial charge in [-0.3, -0.25) is 0 Å². The number of halogens is 1. The van der Waals surface area contributed by atoms with Crippen LogP contribution in [0.2, 0.25) is 0 Å². The molecule has 0 aliphatic rings. The van der Waals surface area contributed by atoms with Crippen molar-refractivity contribution in [3.8, 4) is 0 Å². The van der Waals surface area contributed by atoms with Gasteiger partial charge >= 0.3 is 0 Å². The highest BCUT2D eigenvalue weighted by Crippen LogP contribution is 1.93. The number of alkyl halides is 1. The van der Waals surface area contributed by atoms with Crippen molar-refractivity contribution in [2.24, 2.45) is 0 Å². The van der Waals surface area contributed by atoms with Crippen molar-refractivity contribution < 1.29 is 0 Å². The van der Waals surface area contributed by atoms with E-state index in [-0.39, 0.29) is 0 Å². The maximum Gasteiger partial charge on any atom is 0.0351 e. The molecule has 0 amide bonds.